The van der Waals surface area contributed by atoms with Gasteiger partial charge in [-0.3, -0.25) is 14.2 Å². The molecule has 3 rings (SSSR count). The van der Waals surface area contributed by atoms with Crippen LogP contribution in [0.1, 0.15) is 6.42 Å². The summed E-state index contributed by atoms with van der Waals surface area (Å²) >= 11 is 4.81. The molecule has 1 N–H and O–H groups in total. The number of anilines is 1. The second-order valence-corrected chi connectivity index (χ2v) is 6.41. The maximum atomic E-state index is 12.2. The van der Waals surface area contributed by atoms with Gasteiger partial charge in [-0.15, -0.1) is 11.3 Å². The first-order valence-corrected chi connectivity index (χ1v) is 8.29. The number of fused-ring (bicyclic) bond motifs is 1. The first-order chi connectivity index (χ1) is 10.6. The van der Waals surface area contributed by atoms with Gasteiger partial charge in [0.25, 0.3) is 5.56 Å². The fourth-order valence-electron chi connectivity index (χ4n) is 2.05. The van der Waals surface area contributed by atoms with Crippen molar-refractivity contribution in [1.82, 2.24) is 9.55 Å². The van der Waals surface area contributed by atoms with Crippen LogP contribution in [0.15, 0.2) is 51.3 Å². The van der Waals surface area contributed by atoms with Crippen molar-refractivity contribution in [2.24, 2.45) is 0 Å². The summed E-state index contributed by atoms with van der Waals surface area (Å²) < 4.78 is 2.29. The van der Waals surface area contributed by atoms with Crippen LogP contribution >= 0.6 is 27.3 Å². The van der Waals surface area contributed by atoms with Gasteiger partial charge in [-0.2, -0.15) is 0 Å². The summed E-state index contributed by atoms with van der Waals surface area (Å²) in [5.41, 5.74) is 0.603. The predicted octanol–water partition coefficient (Wildman–Crippen LogP) is 3.25. The number of aromatic nitrogens is 2. The average Bonchev–Trinajstić information content (AvgIpc) is 2.98. The summed E-state index contributed by atoms with van der Waals surface area (Å²) in [4.78, 5) is 29.1. The molecular formula is C15H12BrN3O2S. The van der Waals surface area contributed by atoms with E-state index in [1.54, 1.807) is 6.07 Å². The number of para-hydroxylation sites is 1. The lowest BCUT2D eigenvalue weighted by Crippen LogP contribution is -2.23. The van der Waals surface area contributed by atoms with E-state index in [0.29, 0.717) is 17.6 Å². The fraction of sp³-hybridized carbons (Fsp3) is 0.133. The number of benzene rings is 1. The Labute approximate surface area is 138 Å². The van der Waals surface area contributed by atoms with Crippen LogP contribution in [-0.2, 0) is 11.3 Å². The highest BCUT2D eigenvalue weighted by Gasteiger charge is 2.08. The number of hydrogen-bond acceptors (Lipinski definition) is 4. The van der Waals surface area contributed by atoms with Gasteiger partial charge in [0, 0.05) is 17.4 Å². The van der Waals surface area contributed by atoms with Crippen LogP contribution in [-0.4, -0.2) is 15.5 Å². The highest BCUT2D eigenvalue weighted by atomic mass is 79.9. The van der Waals surface area contributed by atoms with Crippen molar-refractivity contribution < 1.29 is 4.79 Å². The second kappa shape index (κ2) is 6.41. The Morgan fingerprint density at radius 2 is 2.14 bits per heavy atom. The van der Waals surface area contributed by atoms with E-state index in [1.807, 2.05) is 29.6 Å². The van der Waals surface area contributed by atoms with E-state index < -0.39 is 0 Å². The lowest BCUT2D eigenvalue weighted by molar-refractivity contribution is -0.116. The van der Waals surface area contributed by atoms with E-state index in [1.165, 1.54) is 22.2 Å². The van der Waals surface area contributed by atoms with Gasteiger partial charge < -0.3 is 5.32 Å². The molecule has 0 bridgehead atoms. The molecule has 0 saturated carbocycles. The number of aryl methyl sites for hydroxylation is 1. The molecule has 1 aromatic carbocycles. The van der Waals surface area contributed by atoms with Gasteiger partial charge in [-0.05, 0) is 39.5 Å². The minimum atomic E-state index is -0.149. The minimum absolute atomic E-state index is 0.111. The van der Waals surface area contributed by atoms with Crippen molar-refractivity contribution in [2.45, 2.75) is 13.0 Å². The summed E-state index contributed by atoms with van der Waals surface area (Å²) in [7, 11) is 0. The molecule has 0 aliphatic heterocycles. The molecule has 1 amide bonds. The highest BCUT2D eigenvalue weighted by molar-refractivity contribution is 9.10. The Balaban J connectivity index is 1.69. The number of nitrogens with one attached hydrogen (secondary N) is 1. The monoisotopic (exact) mass is 377 g/mol. The van der Waals surface area contributed by atoms with Gasteiger partial charge >= 0.3 is 0 Å². The van der Waals surface area contributed by atoms with Crippen LogP contribution in [0.25, 0.3) is 10.2 Å². The van der Waals surface area contributed by atoms with Gasteiger partial charge in [0.15, 0.2) is 0 Å². The minimum Gasteiger partial charge on any atom is -0.325 e. The second-order valence-electron chi connectivity index (χ2n) is 4.66. The SMILES string of the molecule is O=C(CCn1cnc2sccc2c1=O)Nc1ccccc1Br. The fourth-order valence-corrected chi connectivity index (χ4v) is 3.16. The number of carbonyl (C=O) groups is 1. The number of rotatable bonds is 4. The van der Waals surface area contributed by atoms with E-state index in [9.17, 15) is 9.59 Å². The van der Waals surface area contributed by atoms with Gasteiger partial charge in [-0.1, -0.05) is 12.1 Å². The molecule has 0 atom stereocenters. The van der Waals surface area contributed by atoms with Crippen molar-refractivity contribution in [1.29, 1.82) is 0 Å². The van der Waals surface area contributed by atoms with E-state index in [0.717, 1.165) is 9.30 Å². The molecule has 0 unspecified atom stereocenters. The normalized spacial score (nSPS) is 10.8. The van der Waals surface area contributed by atoms with Gasteiger partial charge in [-0.25, -0.2) is 4.98 Å². The summed E-state index contributed by atoms with van der Waals surface area (Å²) in [6.07, 6.45) is 1.70. The number of nitrogens with zero attached hydrogens (tertiary/aromatic N) is 2. The van der Waals surface area contributed by atoms with Crippen molar-refractivity contribution in [3.05, 3.63) is 56.9 Å². The third-order valence-corrected chi connectivity index (χ3v) is 4.69. The molecule has 0 saturated heterocycles. The van der Waals surface area contributed by atoms with E-state index >= 15 is 0 Å². The average molecular weight is 378 g/mol. The lowest BCUT2D eigenvalue weighted by atomic mass is 10.3. The zero-order valence-corrected chi connectivity index (χ0v) is 13.9. The standard InChI is InChI=1S/C15H12BrN3O2S/c16-11-3-1-2-4-12(11)18-13(20)5-7-19-9-17-14-10(15(19)21)6-8-22-14/h1-4,6,8-9H,5,7H2,(H,18,20). The van der Waals surface area contributed by atoms with Crippen molar-refractivity contribution >= 4 is 49.1 Å². The summed E-state index contributed by atoms with van der Waals surface area (Å²) in [5.74, 6) is -0.149. The van der Waals surface area contributed by atoms with Crippen molar-refractivity contribution in [3.8, 4) is 0 Å². The largest absolute Gasteiger partial charge is 0.325 e. The topological polar surface area (TPSA) is 64.0 Å². The Morgan fingerprint density at radius 3 is 2.95 bits per heavy atom. The third kappa shape index (κ3) is 3.10. The molecular weight excluding hydrogens is 366 g/mol. The van der Waals surface area contributed by atoms with E-state index in [4.69, 9.17) is 0 Å². The van der Waals surface area contributed by atoms with Gasteiger partial charge in [0.2, 0.25) is 5.91 Å². The lowest BCUT2D eigenvalue weighted by Gasteiger charge is -2.08. The zero-order chi connectivity index (χ0) is 15.5. The molecule has 2 heterocycles. The summed E-state index contributed by atoms with van der Waals surface area (Å²) in [6, 6.07) is 9.15. The molecule has 3 aromatic rings. The maximum absolute atomic E-state index is 12.2. The molecule has 0 fully saturated rings. The van der Waals surface area contributed by atoms with E-state index in [-0.39, 0.29) is 17.9 Å². The molecule has 22 heavy (non-hydrogen) atoms. The summed E-state index contributed by atoms with van der Waals surface area (Å²) in [5, 5.41) is 5.24. The molecule has 112 valence electrons. The van der Waals surface area contributed by atoms with Crippen molar-refractivity contribution in [3.63, 3.8) is 0 Å². The van der Waals surface area contributed by atoms with Gasteiger partial charge in [0.05, 0.1) is 17.4 Å². The quantitative estimate of drug-likeness (QED) is 0.758. The zero-order valence-electron chi connectivity index (χ0n) is 11.5. The highest BCUT2D eigenvalue weighted by Crippen LogP contribution is 2.21. The van der Waals surface area contributed by atoms with Crippen LogP contribution in [0.5, 0.6) is 0 Å². The Morgan fingerprint density at radius 1 is 1.32 bits per heavy atom. The van der Waals surface area contributed by atoms with Crippen LogP contribution in [0.2, 0.25) is 0 Å². The number of amides is 1. The van der Waals surface area contributed by atoms with Crippen molar-refractivity contribution in [2.75, 3.05) is 5.32 Å². The first kappa shape index (κ1) is 14.9. The molecule has 0 spiro atoms. The van der Waals surface area contributed by atoms with Crippen LogP contribution < -0.4 is 10.9 Å². The number of thiophene rings is 1. The Hall–Kier alpha value is -1.99. The maximum Gasteiger partial charge on any atom is 0.262 e. The number of halogens is 1. The number of hydrogen-bond donors (Lipinski definition) is 1. The van der Waals surface area contributed by atoms with Crippen LogP contribution in [0, 0.1) is 0 Å². The smallest absolute Gasteiger partial charge is 0.262 e. The summed E-state index contributed by atoms with van der Waals surface area (Å²) in [6.45, 7) is 0.300. The van der Waals surface area contributed by atoms with Gasteiger partial charge in [0.1, 0.15) is 4.83 Å². The first-order valence-electron chi connectivity index (χ1n) is 6.62. The van der Waals surface area contributed by atoms with E-state index in [2.05, 4.69) is 26.2 Å². The predicted molar refractivity (Wildman–Crippen MR) is 91.3 cm³/mol. The Bertz CT molecular complexity index is 888. The van der Waals surface area contributed by atoms with Crippen LogP contribution in [0.3, 0.4) is 0 Å². The molecule has 7 heteroatoms. The molecule has 0 radical (unpaired) electrons. The molecule has 2 aromatic heterocycles. The number of carbonyl (C=O) groups excluding carboxylic acids is 1. The van der Waals surface area contributed by atoms with Crippen LogP contribution in [0.4, 0.5) is 5.69 Å². The third-order valence-electron chi connectivity index (χ3n) is 3.18. The Kier molecular flexibility index (Phi) is 4.35. The molecule has 0 aliphatic carbocycles. The molecule has 5 nitrogen and oxygen atoms in total. The molecule has 0 aliphatic rings.